The lowest BCUT2D eigenvalue weighted by atomic mass is 9.93. The zero-order chi connectivity index (χ0) is 17.2. The van der Waals surface area contributed by atoms with Gasteiger partial charge in [0.05, 0.1) is 29.3 Å². The monoisotopic (exact) mass is 334 g/mol. The number of amides is 1. The zero-order valence-corrected chi connectivity index (χ0v) is 14.5. The number of carbonyl (C=O) groups excluding carboxylic acids is 1. The summed E-state index contributed by atoms with van der Waals surface area (Å²) < 4.78 is 2.10. The minimum atomic E-state index is -0.485. The van der Waals surface area contributed by atoms with Gasteiger partial charge in [0.15, 0.2) is 0 Å². The van der Waals surface area contributed by atoms with Crippen LogP contribution in [0, 0.1) is 17.8 Å². The Balaban J connectivity index is 1.58. The molecule has 5 rings (SSSR count). The van der Waals surface area contributed by atoms with E-state index in [1.54, 1.807) is 0 Å². The maximum Gasteiger partial charge on any atom is 0.224 e. The number of nitrogens with zero attached hydrogens (tertiary/aromatic N) is 2. The first-order chi connectivity index (χ1) is 12.1. The van der Waals surface area contributed by atoms with E-state index in [1.807, 2.05) is 24.7 Å². The highest BCUT2D eigenvalue weighted by atomic mass is 16.2. The van der Waals surface area contributed by atoms with E-state index >= 15 is 0 Å². The lowest BCUT2D eigenvalue weighted by Crippen LogP contribution is -2.44. The lowest BCUT2D eigenvalue weighted by Gasteiger charge is -2.29. The first-order valence-electron chi connectivity index (χ1n) is 8.93. The molecule has 0 unspecified atom stereocenters. The average Bonchev–Trinajstić information content (AvgIpc) is 2.92. The maximum atomic E-state index is 12.9. The van der Waals surface area contributed by atoms with Crippen molar-refractivity contribution in [1.82, 2.24) is 20.0 Å². The van der Waals surface area contributed by atoms with Gasteiger partial charge in [0, 0.05) is 11.3 Å². The molecule has 1 aliphatic carbocycles. The number of rotatable bonds is 3. The van der Waals surface area contributed by atoms with Crippen LogP contribution >= 0.6 is 0 Å². The minimum Gasteiger partial charge on any atom is -0.345 e. The fourth-order valence-corrected chi connectivity index (χ4v) is 4.62. The molecule has 1 aromatic carbocycles. The van der Waals surface area contributed by atoms with Gasteiger partial charge < -0.3 is 15.0 Å². The number of pyridine rings is 1. The van der Waals surface area contributed by atoms with E-state index in [2.05, 4.69) is 52.1 Å². The molecule has 1 saturated heterocycles. The van der Waals surface area contributed by atoms with Gasteiger partial charge in [0.1, 0.15) is 0 Å². The van der Waals surface area contributed by atoms with Crippen LogP contribution in [-0.2, 0) is 10.3 Å². The molecule has 3 heterocycles. The highest BCUT2D eigenvalue weighted by Gasteiger charge is 2.57. The van der Waals surface area contributed by atoms with E-state index in [1.165, 1.54) is 5.39 Å². The molecule has 0 radical (unpaired) electrons. The van der Waals surface area contributed by atoms with Gasteiger partial charge >= 0.3 is 0 Å². The molecule has 2 aromatic heterocycles. The fraction of sp³-hybridized carbons (Fsp3) is 0.400. The summed E-state index contributed by atoms with van der Waals surface area (Å²) in [6, 6.07) is 10.5. The molecule has 2 aliphatic rings. The predicted octanol–water partition coefficient (Wildman–Crippen LogP) is 2.30. The van der Waals surface area contributed by atoms with Gasteiger partial charge in [-0.15, -0.1) is 0 Å². The van der Waals surface area contributed by atoms with Crippen LogP contribution in [0.4, 0.5) is 0 Å². The van der Waals surface area contributed by atoms with E-state index < -0.39 is 5.54 Å². The molecule has 0 spiro atoms. The van der Waals surface area contributed by atoms with Crippen LogP contribution in [0.5, 0.6) is 0 Å². The molecule has 25 heavy (non-hydrogen) atoms. The van der Waals surface area contributed by atoms with Crippen LogP contribution in [0.2, 0.25) is 0 Å². The molecule has 128 valence electrons. The van der Waals surface area contributed by atoms with Gasteiger partial charge in [0.2, 0.25) is 5.91 Å². The summed E-state index contributed by atoms with van der Waals surface area (Å²) in [6.45, 7) is 6.12. The van der Waals surface area contributed by atoms with E-state index in [9.17, 15) is 4.79 Å². The van der Waals surface area contributed by atoms with E-state index in [4.69, 9.17) is 0 Å². The summed E-state index contributed by atoms with van der Waals surface area (Å²) in [7, 11) is 0. The van der Waals surface area contributed by atoms with Crippen molar-refractivity contribution < 1.29 is 4.79 Å². The third-order valence-electron chi connectivity index (χ3n) is 5.85. The SMILES string of the molecule is CC(C)(NC(=O)[C@H]1[C@@H]2CNC[C@@H]21)c1c2ccccc2cc2cncn12. The van der Waals surface area contributed by atoms with Crippen molar-refractivity contribution in [1.29, 1.82) is 0 Å². The Labute approximate surface area is 146 Å². The van der Waals surface area contributed by atoms with Gasteiger partial charge in [0.25, 0.3) is 0 Å². The van der Waals surface area contributed by atoms with Crippen molar-refractivity contribution in [3.63, 3.8) is 0 Å². The van der Waals surface area contributed by atoms with Crippen LogP contribution in [0.3, 0.4) is 0 Å². The van der Waals surface area contributed by atoms with Crippen molar-refractivity contribution in [2.45, 2.75) is 19.4 Å². The smallest absolute Gasteiger partial charge is 0.224 e. The number of fused-ring (bicyclic) bond motifs is 3. The molecule has 1 saturated carbocycles. The third kappa shape index (κ3) is 2.19. The Bertz CT molecular complexity index is 980. The van der Waals surface area contributed by atoms with E-state index in [-0.39, 0.29) is 11.8 Å². The van der Waals surface area contributed by atoms with Gasteiger partial charge in [-0.3, -0.25) is 4.79 Å². The lowest BCUT2D eigenvalue weighted by molar-refractivity contribution is -0.124. The topological polar surface area (TPSA) is 58.4 Å². The summed E-state index contributed by atoms with van der Waals surface area (Å²) in [5, 5.41) is 8.99. The molecule has 2 fully saturated rings. The molecule has 5 heteroatoms. The van der Waals surface area contributed by atoms with Gasteiger partial charge in [-0.1, -0.05) is 24.3 Å². The van der Waals surface area contributed by atoms with Crippen molar-refractivity contribution in [3.8, 4) is 0 Å². The number of piperidine rings is 1. The fourth-order valence-electron chi connectivity index (χ4n) is 4.62. The summed E-state index contributed by atoms with van der Waals surface area (Å²) in [4.78, 5) is 17.2. The Morgan fingerprint density at radius 3 is 2.84 bits per heavy atom. The Kier molecular flexibility index (Phi) is 3.01. The molecule has 1 aliphatic heterocycles. The normalized spacial score (nSPS) is 25.3. The number of imidazole rings is 1. The zero-order valence-electron chi connectivity index (χ0n) is 14.5. The number of benzene rings is 1. The quantitative estimate of drug-likeness (QED) is 0.773. The maximum absolute atomic E-state index is 12.9. The predicted molar refractivity (Wildman–Crippen MR) is 97.2 cm³/mol. The van der Waals surface area contributed by atoms with Crippen molar-refractivity contribution in [2.24, 2.45) is 17.8 Å². The molecule has 5 nitrogen and oxygen atoms in total. The third-order valence-corrected chi connectivity index (χ3v) is 5.85. The molecule has 3 aromatic rings. The number of carbonyl (C=O) groups is 1. The highest BCUT2D eigenvalue weighted by molar-refractivity contribution is 5.90. The number of hydrogen-bond acceptors (Lipinski definition) is 3. The average molecular weight is 334 g/mol. The van der Waals surface area contributed by atoms with Crippen molar-refractivity contribution >= 4 is 22.2 Å². The molecule has 2 N–H and O–H groups in total. The first kappa shape index (κ1) is 14.9. The van der Waals surface area contributed by atoms with E-state index in [0.717, 1.165) is 29.7 Å². The summed E-state index contributed by atoms with van der Waals surface area (Å²) >= 11 is 0. The Morgan fingerprint density at radius 2 is 2.04 bits per heavy atom. The second-order valence-electron chi connectivity index (χ2n) is 7.89. The van der Waals surface area contributed by atoms with Crippen LogP contribution in [-0.4, -0.2) is 28.4 Å². The molecule has 0 bridgehead atoms. The standard InChI is InChI=1S/C20H22N4O/c1-20(2,23-19(25)17-15-9-21-10-16(15)17)18-14-6-4-3-5-12(14)7-13-8-22-11-24(13)18/h3-8,11,15-17,21H,9-10H2,1-2H3,(H,23,25)/t15-,16+,17+. The number of aromatic nitrogens is 2. The van der Waals surface area contributed by atoms with E-state index in [0.29, 0.717) is 11.8 Å². The number of hydrogen-bond donors (Lipinski definition) is 2. The van der Waals surface area contributed by atoms with Crippen molar-refractivity contribution in [3.05, 3.63) is 48.5 Å². The second kappa shape index (κ2) is 5.05. The van der Waals surface area contributed by atoms with Crippen LogP contribution < -0.4 is 10.6 Å². The molecular weight excluding hydrogens is 312 g/mol. The van der Waals surface area contributed by atoms with Crippen LogP contribution in [0.15, 0.2) is 42.9 Å². The van der Waals surface area contributed by atoms with Gasteiger partial charge in [-0.2, -0.15) is 0 Å². The largest absolute Gasteiger partial charge is 0.345 e. The van der Waals surface area contributed by atoms with Gasteiger partial charge in [-0.25, -0.2) is 4.98 Å². The summed E-state index contributed by atoms with van der Waals surface area (Å²) in [6.07, 6.45) is 3.70. The molecular formula is C20H22N4O. The minimum absolute atomic E-state index is 0.175. The summed E-state index contributed by atoms with van der Waals surface area (Å²) in [5.41, 5.74) is 1.64. The first-order valence-corrected chi connectivity index (χ1v) is 8.93. The Morgan fingerprint density at radius 1 is 1.28 bits per heavy atom. The second-order valence-corrected chi connectivity index (χ2v) is 7.89. The van der Waals surface area contributed by atoms with Crippen molar-refractivity contribution in [2.75, 3.05) is 13.1 Å². The van der Waals surface area contributed by atoms with Gasteiger partial charge in [-0.05, 0) is 50.2 Å². The highest BCUT2D eigenvalue weighted by Crippen LogP contribution is 2.49. The molecule has 1 amide bonds. The number of nitrogens with one attached hydrogen (secondary N) is 2. The Hall–Kier alpha value is -2.40. The van der Waals surface area contributed by atoms with Crippen LogP contribution in [0.25, 0.3) is 16.3 Å². The summed E-state index contributed by atoms with van der Waals surface area (Å²) in [5.74, 6) is 1.41. The molecule has 3 atom stereocenters. The van der Waals surface area contributed by atoms with Crippen LogP contribution in [0.1, 0.15) is 19.5 Å².